The SMILES string of the molecule is C=CCC(CC)NC(=O)Nc1cnc(N(C)C)nc1. The number of hydrogen-bond donors (Lipinski definition) is 2. The molecule has 0 aliphatic rings. The molecule has 0 spiro atoms. The largest absolute Gasteiger partial charge is 0.347 e. The van der Waals surface area contributed by atoms with E-state index >= 15 is 0 Å². The Morgan fingerprint density at radius 1 is 1.47 bits per heavy atom. The van der Waals surface area contributed by atoms with Crippen molar-refractivity contribution in [3.8, 4) is 0 Å². The average molecular weight is 263 g/mol. The van der Waals surface area contributed by atoms with Gasteiger partial charge in [0.25, 0.3) is 0 Å². The normalized spacial score (nSPS) is 11.5. The second kappa shape index (κ2) is 7.35. The zero-order chi connectivity index (χ0) is 14.3. The molecule has 2 N–H and O–H groups in total. The Morgan fingerprint density at radius 3 is 2.58 bits per heavy atom. The Morgan fingerprint density at radius 2 is 2.11 bits per heavy atom. The van der Waals surface area contributed by atoms with Gasteiger partial charge in [0, 0.05) is 20.1 Å². The van der Waals surface area contributed by atoms with Crippen molar-refractivity contribution >= 4 is 17.7 Å². The first kappa shape index (κ1) is 14.9. The van der Waals surface area contributed by atoms with Crippen molar-refractivity contribution in [1.82, 2.24) is 15.3 Å². The number of aromatic nitrogens is 2. The van der Waals surface area contributed by atoms with Gasteiger partial charge >= 0.3 is 6.03 Å². The second-order valence-corrected chi connectivity index (χ2v) is 4.39. The zero-order valence-electron chi connectivity index (χ0n) is 11.7. The number of carbonyl (C=O) groups is 1. The molecule has 1 rings (SSSR count). The number of rotatable bonds is 6. The molecule has 104 valence electrons. The third-order valence-corrected chi connectivity index (χ3v) is 2.58. The molecule has 6 nitrogen and oxygen atoms in total. The minimum Gasteiger partial charge on any atom is -0.347 e. The quantitative estimate of drug-likeness (QED) is 0.770. The van der Waals surface area contributed by atoms with Gasteiger partial charge in [0.05, 0.1) is 18.1 Å². The Hall–Kier alpha value is -2.11. The molecule has 2 amide bonds. The molecule has 0 radical (unpaired) electrons. The number of urea groups is 1. The predicted octanol–water partition coefficient (Wildman–Crippen LogP) is 2.02. The molecule has 1 aromatic rings. The molecule has 0 saturated heterocycles. The molecule has 0 aromatic carbocycles. The third kappa shape index (κ3) is 4.95. The summed E-state index contributed by atoms with van der Waals surface area (Å²) in [5.41, 5.74) is 0.566. The monoisotopic (exact) mass is 263 g/mol. The first-order valence-electron chi connectivity index (χ1n) is 6.24. The highest BCUT2D eigenvalue weighted by Crippen LogP contribution is 2.07. The first-order valence-corrected chi connectivity index (χ1v) is 6.24. The van der Waals surface area contributed by atoms with Crippen LogP contribution in [-0.4, -0.2) is 36.1 Å². The summed E-state index contributed by atoms with van der Waals surface area (Å²) in [6.45, 7) is 5.69. The Bertz CT molecular complexity index is 416. The maximum atomic E-state index is 11.8. The third-order valence-electron chi connectivity index (χ3n) is 2.58. The van der Waals surface area contributed by atoms with E-state index in [1.54, 1.807) is 23.4 Å². The van der Waals surface area contributed by atoms with Gasteiger partial charge in [-0.05, 0) is 12.8 Å². The van der Waals surface area contributed by atoms with Crippen LogP contribution in [0.15, 0.2) is 25.0 Å². The van der Waals surface area contributed by atoms with E-state index in [1.165, 1.54) is 0 Å². The van der Waals surface area contributed by atoms with E-state index < -0.39 is 0 Å². The van der Waals surface area contributed by atoms with Gasteiger partial charge in [-0.25, -0.2) is 14.8 Å². The van der Waals surface area contributed by atoms with Crippen molar-refractivity contribution in [3.63, 3.8) is 0 Å². The van der Waals surface area contributed by atoms with Gasteiger partial charge in [-0.3, -0.25) is 0 Å². The van der Waals surface area contributed by atoms with Crippen LogP contribution < -0.4 is 15.5 Å². The first-order chi connectivity index (χ1) is 9.06. The van der Waals surface area contributed by atoms with Gasteiger partial charge in [-0.2, -0.15) is 0 Å². The molecule has 1 unspecified atom stereocenters. The van der Waals surface area contributed by atoms with E-state index in [4.69, 9.17) is 0 Å². The highest BCUT2D eigenvalue weighted by Gasteiger charge is 2.09. The molecular formula is C13H21N5O. The molecule has 0 fully saturated rings. The topological polar surface area (TPSA) is 70.2 Å². The summed E-state index contributed by atoms with van der Waals surface area (Å²) in [6, 6.07) is -0.158. The van der Waals surface area contributed by atoms with Crippen LogP contribution in [0.25, 0.3) is 0 Å². The average Bonchev–Trinajstić information content (AvgIpc) is 2.38. The summed E-state index contributed by atoms with van der Waals surface area (Å²) >= 11 is 0. The maximum absolute atomic E-state index is 11.8. The summed E-state index contributed by atoms with van der Waals surface area (Å²) in [7, 11) is 3.71. The van der Waals surface area contributed by atoms with Crippen LogP contribution >= 0.6 is 0 Å². The van der Waals surface area contributed by atoms with Gasteiger partial charge in [-0.1, -0.05) is 13.0 Å². The Kier molecular flexibility index (Phi) is 5.78. The maximum Gasteiger partial charge on any atom is 0.319 e. The zero-order valence-corrected chi connectivity index (χ0v) is 11.7. The fraction of sp³-hybridized carbons (Fsp3) is 0.462. The molecule has 0 saturated carbocycles. The second-order valence-electron chi connectivity index (χ2n) is 4.39. The van der Waals surface area contributed by atoms with E-state index in [2.05, 4.69) is 27.2 Å². The molecular weight excluding hydrogens is 242 g/mol. The molecule has 1 aromatic heterocycles. The van der Waals surface area contributed by atoms with E-state index in [0.29, 0.717) is 11.6 Å². The minimum absolute atomic E-state index is 0.0967. The molecule has 19 heavy (non-hydrogen) atoms. The van der Waals surface area contributed by atoms with Crippen LogP contribution in [0.2, 0.25) is 0 Å². The number of hydrogen-bond acceptors (Lipinski definition) is 4. The molecule has 0 aliphatic heterocycles. The fourth-order valence-corrected chi connectivity index (χ4v) is 1.50. The van der Waals surface area contributed by atoms with Crippen LogP contribution in [0.5, 0.6) is 0 Å². The van der Waals surface area contributed by atoms with Gasteiger partial charge in [-0.15, -0.1) is 6.58 Å². The van der Waals surface area contributed by atoms with Crippen molar-refractivity contribution in [3.05, 3.63) is 25.0 Å². The van der Waals surface area contributed by atoms with Crippen molar-refractivity contribution in [2.45, 2.75) is 25.8 Å². The molecule has 1 atom stereocenters. The number of nitrogens with one attached hydrogen (secondary N) is 2. The van der Waals surface area contributed by atoms with Crippen LogP contribution in [0.3, 0.4) is 0 Å². The van der Waals surface area contributed by atoms with Crippen LogP contribution in [0, 0.1) is 0 Å². The lowest BCUT2D eigenvalue weighted by molar-refractivity contribution is 0.248. The summed E-state index contributed by atoms with van der Waals surface area (Å²) in [4.78, 5) is 21.8. The summed E-state index contributed by atoms with van der Waals surface area (Å²) < 4.78 is 0. The minimum atomic E-state index is -0.255. The number of anilines is 2. The lowest BCUT2D eigenvalue weighted by Gasteiger charge is -2.15. The fourth-order valence-electron chi connectivity index (χ4n) is 1.50. The summed E-state index contributed by atoms with van der Waals surface area (Å²) in [5, 5.41) is 5.57. The lowest BCUT2D eigenvalue weighted by atomic mass is 10.1. The lowest BCUT2D eigenvalue weighted by Crippen LogP contribution is -2.37. The van der Waals surface area contributed by atoms with Gasteiger partial charge in [0.1, 0.15) is 0 Å². The summed E-state index contributed by atoms with van der Waals surface area (Å²) in [6.07, 6.45) is 6.56. The van der Waals surface area contributed by atoms with Gasteiger partial charge in [0.2, 0.25) is 5.95 Å². The van der Waals surface area contributed by atoms with E-state index in [0.717, 1.165) is 12.8 Å². The molecule has 0 aliphatic carbocycles. The van der Waals surface area contributed by atoms with E-state index in [1.807, 2.05) is 21.0 Å². The van der Waals surface area contributed by atoms with Crippen molar-refractivity contribution in [1.29, 1.82) is 0 Å². The molecule has 6 heteroatoms. The smallest absolute Gasteiger partial charge is 0.319 e. The molecule has 0 bridgehead atoms. The highest BCUT2D eigenvalue weighted by atomic mass is 16.2. The standard InChI is InChI=1S/C13H21N5O/c1-5-7-10(6-2)16-13(19)17-11-8-14-12(15-9-11)18(3)4/h5,8-10H,1,6-7H2,2-4H3,(H2,16,17,19). The van der Waals surface area contributed by atoms with Crippen molar-refractivity contribution in [2.24, 2.45) is 0 Å². The van der Waals surface area contributed by atoms with Crippen molar-refractivity contribution in [2.75, 3.05) is 24.3 Å². The number of nitrogens with zero attached hydrogens (tertiary/aromatic N) is 3. The number of carbonyl (C=O) groups excluding carboxylic acids is 1. The van der Waals surface area contributed by atoms with Gasteiger partial charge in [0.15, 0.2) is 0 Å². The Balaban J connectivity index is 2.54. The van der Waals surface area contributed by atoms with E-state index in [9.17, 15) is 4.79 Å². The van der Waals surface area contributed by atoms with Crippen molar-refractivity contribution < 1.29 is 4.79 Å². The van der Waals surface area contributed by atoms with Crippen LogP contribution in [-0.2, 0) is 0 Å². The number of amides is 2. The predicted molar refractivity (Wildman–Crippen MR) is 77.4 cm³/mol. The molecule has 1 heterocycles. The Labute approximate surface area is 113 Å². The van der Waals surface area contributed by atoms with E-state index in [-0.39, 0.29) is 12.1 Å². The van der Waals surface area contributed by atoms with Crippen LogP contribution in [0.4, 0.5) is 16.4 Å². The van der Waals surface area contributed by atoms with Gasteiger partial charge < -0.3 is 15.5 Å². The summed E-state index contributed by atoms with van der Waals surface area (Å²) in [5.74, 6) is 0.601. The van der Waals surface area contributed by atoms with Crippen LogP contribution in [0.1, 0.15) is 19.8 Å². The highest BCUT2D eigenvalue weighted by molar-refractivity contribution is 5.89.